The van der Waals surface area contributed by atoms with Crippen molar-refractivity contribution in [1.82, 2.24) is 0 Å². The van der Waals surface area contributed by atoms with Crippen LogP contribution in [0, 0.1) is 25.5 Å². The van der Waals surface area contributed by atoms with Crippen LogP contribution in [0.4, 0.5) is 5.69 Å². The Morgan fingerprint density at radius 1 is 0.667 bits per heavy atom. The minimum atomic E-state index is -1.99. The number of nitro groups is 1. The number of fused-ring (bicyclic) bond motifs is 14. The molecule has 2 saturated carbocycles. The number of hydrogen-bond donors (Lipinski definition) is 0. The SMILES string of the molecule is O=[N+]([O-])c1cc2c(cc1I)[C@H]1[C@@H]([C@@H]3[C@@H]2[C@]2(Cl)C(Cl)=C(Cl)[C@]3(Cl)C2(Cl)Cl)[C@]2(Cl)C(Cl)=C(Cl)[C@]1(Cl)C2(Cl)Cl. The standard InChI is InChI=1S/C20H6Cl12INO2/c21-11-13(23)17(27)9-7(15(11,25)19(17,29)30)3-1-5(33)6(34(35)36)2-4(3)8-10(9)18(28)14(24)12(22)16(8,26)20(18,31)32/h1-2,7-10H/t7-,8+,9-,10-,15-,16-,17-,18-/m0/s1. The van der Waals surface area contributed by atoms with Crippen molar-refractivity contribution in [3.05, 3.63) is 57.1 Å². The predicted octanol–water partition coefficient (Wildman–Crippen LogP) is 10.3. The normalized spacial score (nSPS) is 46.8. The summed E-state index contributed by atoms with van der Waals surface area (Å²) in [5.41, 5.74) is 0.713. The second-order valence-corrected chi connectivity index (χ2v) is 17.2. The number of hydrogen-bond acceptors (Lipinski definition) is 2. The quantitative estimate of drug-likeness (QED) is 0.122. The van der Waals surface area contributed by atoms with Gasteiger partial charge in [0, 0.05) is 29.7 Å². The molecule has 1 aromatic rings. The number of alkyl halides is 8. The zero-order valence-corrected chi connectivity index (χ0v) is 27.9. The molecule has 0 saturated heterocycles. The van der Waals surface area contributed by atoms with Crippen LogP contribution >= 0.6 is 162 Å². The van der Waals surface area contributed by atoms with E-state index in [0.29, 0.717) is 14.7 Å². The fourth-order valence-corrected chi connectivity index (χ4v) is 13.8. The molecule has 8 atom stereocenters. The fourth-order valence-electron chi connectivity index (χ4n) is 7.05. The molecule has 194 valence electrons. The summed E-state index contributed by atoms with van der Waals surface area (Å²) < 4.78 is -3.63. The second-order valence-electron chi connectivity index (χ2n) is 9.45. The van der Waals surface area contributed by atoms with Gasteiger partial charge in [0.05, 0.1) is 28.6 Å². The first kappa shape index (κ1) is 28.4. The molecule has 2 fully saturated rings. The third-order valence-corrected chi connectivity index (χ3v) is 17.8. The highest BCUT2D eigenvalue weighted by Gasteiger charge is 2.91. The van der Waals surface area contributed by atoms with Gasteiger partial charge in [-0.15, -0.1) is 46.4 Å². The van der Waals surface area contributed by atoms with E-state index in [-0.39, 0.29) is 25.8 Å². The molecular formula is C20H6Cl12INO2. The lowest BCUT2D eigenvalue weighted by Crippen LogP contribution is -2.53. The summed E-state index contributed by atoms with van der Waals surface area (Å²) in [5, 5.41) is 11.7. The Morgan fingerprint density at radius 2 is 1.00 bits per heavy atom. The van der Waals surface area contributed by atoms with Crippen molar-refractivity contribution in [3.63, 3.8) is 0 Å². The average molecular weight is 845 g/mol. The van der Waals surface area contributed by atoms with Gasteiger partial charge < -0.3 is 0 Å². The van der Waals surface area contributed by atoms with E-state index in [1.165, 1.54) is 6.07 Å². The Balaban J connectivity index is 1.80. The topological polar surface area (TPSA) is 43.1 Å². The van der Waals surface area contributed by atoms with Crippen molar-refractivity contribution in [2.24, 2.45) is 11.8 Å². The molecule has 16 heteroatoms. The number of nitro benzene ring substituents is 1. The van der Waals surface area contributed by atoms with Gasteiger partial charge in [0.15, 0.2) is 8.67 Å². The highest BCUT2D eigenvalue weighted by Crippen LogP contribution is 2.88. The van der Waals surface area contributed by atoms with Crippen LogP contribution < -0.4 is 0 Å². The second kappa shape index (κ2) is 7.82. The van der Waals surface area contributed by atoms with E-state index in [1.807, 2.05) is 22.6 Å². The van der Waals surface area contributed by atoms with Crippen LogP contribution in [0.1, 0.15) is 23.0 Å². The van der Waals surface area contributed by atoms with Gasteiger partial charge >= 0.3 is 0 Å². The minimum absolute atomic E-state index is 0.0418. The first-order valence-electron chi connectivity index (χ1n) is 9.93. The Kier molecular flexibility index (Phi) is 6.18. The molecule has 0 radical (unpaired) electrons. The monoisotopic (exact) mass is 839 g/mol. The molecule has 1 aromatic carbocycles. The Labute approximate surface area is 278 Å². The third-order valence-electron chi connectivity index (χ3n) is 8.39. The van der Waals surface area contributed by atoms with Gasteiger partial charge in [-0.2, -0.15) is 0 Å². The molecule has 5 aliphatic carbocycles. The lowest BCUT2D eigenvalue weighted by atomic mass is 9.57. The van der Waals surface area contributed by atoms with E-state index in [4.69, 9.17) is 139 Å². The van der Waals surface area contributed by atoms with E-state index in [9.17, 15) is 10.1 Å². The summed E-state index contributed by atoms with van der Waals surface area (Å²) in [5.74, 6) is -3.55. The molecule has 0 aliphatic heterocycles. The van der Waals surface area contributed by atoms with E-state index in [1.54, 1.807) is 6.07 Å². The van der Waals surface area contributed by atoms with Gasteiger partial charge in [-0.1, -0.05) is 92.8 Å². The van der Waals surface area contributed by atoms with Crippen molar-refractivity contribution in [2.75, 3.05) is 0 Å². The molecular weight excluding hydrogens is 839 g/mol. The molecule has 36 heavy (non-hydrogen) atoms. The zero-order chi connectivity index (χ0) is 26.9. The van der Waals surface area contributed by atoms with Gasteiger partial charge in [-0.25, -0.2) is 0 Å². The van der Waals surface area contributed by atoms with Crippen LogP contribution in [0.5, 0.6) is 0 Å². The van der Waals surface area contributed by atoms with Gasteiger partial charge in [0.25, 0.3) is 5.69 Å². The van der Waals surface area contributed by atoms with Crippen LogP contribution in [0.15, 0.2) is 32.3 Å². The van der Waals surface area contributed by atoms with E-state index < -0.39 is 56.8 Å². The summed E-state index contributed by atoms with van der Waals surface area (Å²) in [6, 6.07) is 2.99. The molecule has 0 unspecified atom stereocenters. The Hall–Kier alpha value is 2.31. The van der Waals surface area contributed by atoms with Crippen molar-refractivity contribution >= 4 is 167 Å². The van der Waals surface area contributed by atoms with Crippen molar-refractivity contribution in [1.29, 1.82) is 0 Å². The number of rotatable bonds is 1. The first-order chi connectivity index (χ1) is 16.3. The molecule has 0 amide bonds. The molecule has 0 N–H and O–H groups in total. The molecule has 5 aliphatic rings. The Morgan fingerprint density at radius 3 is 1.36 bits per heavy atom. The summed E-state index contributed by atoms with van der Waals surface area (Å²) in [6.45, 7) is 0. The third kappa shape index (κ3) is 2.51. The number of allylic oxidation sites excluding steroid dienone is 4. The van der Waals surface area contributed by atoms with Gasteiger partial charge in [0.1, 0.15) is 19.5 Å². The maximum absolute atomic E-state index is 11.9. The molecule has 0 heterocycles. The lowest BCUT2D eigenvalue weighted by molar-refractivity contribution is -0.385. The Bertz CT molecular complexity index is 1400. The fraction of sp³-hybridized carbons (Fsp3) is 0.500. The van der Waals surface area contributed by atoms with Gasteiger partial charge in [0.2, 0.25) is 0 Å². The number of halogens is 13. The van der Waals surface area contributed by atoms with Crippen molar-refractivity contribution < 1.29 is 4.92 Å². The number of benzene rings is 1. The van der Waals surface area contributed by atoms with Crippen LogP contribution in [0.3, 0.4) is 0 Å². The summed E-state index contributed by atoms with van der Waals surface area (Å²) in [7, 11) is 0. The highest BCUT2D eigenvalue weighted by atomic mass is 127. The van der Waals surface area contributed by atoms with Crippen LogP contribution in [0.2, 0.25) is 0 Å². The number of nitrogens with zero attached hydrogens (tertiary/aromatic N) is 1. The minimum Gasteiger partial charge on any atom is -0.258 e. The zero-order valence-electron chi connectivity index (χ0n) is 16.6. The highest BCUT2D eigenvalue weighted by molar-refractivity contribution is 14.1. The van der Waals surface area contributed by atoms with E-state index >= 15 is 0 Å². The maximum atomic E-state index is 11.9. The van der Waals surface area contributed by atoms with E-state index in [0.717, 1.165) is 0 Å². The largest absolute Gasteiger partial charge is 0.282 e. The van der Waals surface area contributed by atoms with Crippen LogP contribution in [0.25, 0.3) is 0 Å². The van der Waals surface area contributed by atoms with E-state index in [2.05, 4.69) is 0 Å². The molecule has 0 aromatic heterocycles. The molecule has 0 spiro atoms. The first-order valence-corrected chi connectivity index (χ1v) is 15.5. The molecule has 3 nitrogen and oxygen atoms in total. The molecule has 4 bridgehead atoms. The van der Waals surface area contributed by atoms with Gasteiger partial charge in [-0.3, -0.25) is 10.1 Å². The average Bonchev–Trinajstić information content (AvgIpc) is 3.12. The summed E-state index contributed by atoms with van der Waals surface area (Å²) in [6.07, 6.45) is 0. The van der Waals surface area contributed by atoms with Crippen LogP contribution in [-0.2, 0) is 0 Å². The molecule has 6 rings (SSSR count). The summed E-state index contributed by atoms with van der Waals surface area (Å²) in [4.78, 5) is 4.26. The lowest BCUT2D eigenvalue weighted by Gasteiger charge is -2.52. The maximum Gasteiger partial charge on any atom is 0.282 e. The van der Waals surface area contributed by atoms with Gasteiger partial charge in [-0.05, 0) is 39.8 Å². The smallest absolute Gasteiger partial charge is 0.258 e. The summed E-state index contributed by atoms with van der Waals surface area (Å²) >= 11 is 85.2. The van der Waals surface area contributed by atoms with Crippen molar-refractivity contribution in [2.45, 2.75) is 40.0 Å². The van der Waals surface area contributed by atoms with Crippen LogP contribution in [-0.4, -0.2) is 33.1 Å². The predicted molar refractivity (Wildman–Crippen MR) is 159 cm³/mol. The van der Waals surface area contributed by atoms with Crippen molar-refractivity contribution in [3.8, 4) is 0 Å².